The van der Waals surface area contributed by atoms with Crippen LogP contribution in [0.25, 0.3) is 0 Å². The van der Waals surface area contributed by atoms with Crippen molar-refractivity contribution < 1.29 is 9.53 Å². The molecule has 1 unspecified atom stereocenters. The molecule has 2 aliphatic heterocycles. The smallest absolute Gasteiger partial charge is 0.414 e. The highest BCUT2D eigenvalue weighted by Gasteiger charge is 2.33. The fraction of sp³-hybridized carbons (Fsp3) is 0.588. The average molecular weight is 303 g/mol. The van der Waals surface area contributed by atoms with Crippen LogP contribution in [0.15, 0.2) is 30.3 Å². The highest BCUT2D eigenvalue weighted by atomic mass is 16.6. The van der Waals surface area contributed by atoms with Crippen molar-refractivity contribution in [2.45, 2.75) is 19.4 Å². The molecule has 3 rings (SSSR count). The number of hydrogen-bond donors (Lipinski definition) is 0. The topological polar surface area (TPSA) is 36.0 Å². The van der Waals surface area contributed by atoms with Gasteiger partial charge >= 0.3 is 6.09 Å². The fourth-order valence-electron chi connectivity index (χ4n) is 3.25. The third-order valence-corrected chi connectivity index (χ3v) is 4.53. The SMILES string of the molecule is CCN1CCCN(CC2CN(c3ccccc3)C(=O)O2)CC1. The average Bonchev–Trinajstić information content (AvgIpc) is 2.76. The molecule has 0 aliphatic carbocycles. The minimum Gasteiger partial charge on any atom is -0.443 e. The van der Waals surface area contributed by atoms with E-state index >= 15 is 0 Å². The van der Waals surface area contributed by atoms with Gasteiger partial charge in [0.15, 0.2) is 0 Å². The molecule has 2 heterocycles. The van der Waals surface area contributed by atoms with Gasteiger partial charge in [-0.1, -0.05) is 25.1 Å². The van der Waals surface area contributed by atoms with Gasteiger partial charge in [0.2, 0.25) is 0 Å². The molecule has 1 aromatic carbocycles. The molecular weight excluding hydrogens is 278 g/mol. The highest BCUT2D eigenvalue weighted by molar-refractivity contribution is 5.89. The summed E-state index contributed by atoms with van der Waals surface area (Å²) >= 11 is 0. The van der Waals surface area contributed by atoms with Crippen LogP contribution in [-0.2, 0) is 4.74 Å². The predicted molar refractivity (Wildman–Crippen MR) is 87.2 cm³/mol. The fourth-order valence-corrected chi connectivity index (χ4v) is 3.25. The van der Waals surface area contributed by atoms with E-state index in [1.54, 1.807) is 4.90 Å². The van der Waals surface area contributed by atoms with E-state index in [0.717, 1.165) is 38.4 Å². The summed E-state index contributed by atoms with van der Waals surface area (Å²) in [6.07, 6.45) is 0.943. The Balaban J connectivity index is 1.55. The first-order chi connectivity index (χ1) is 10.8. The van der Waals surface area contributed by atoms with E-state index in [4.69, 9.17) is 4.74 Å². The minimum absolute atomic E-state index is 0.0270. The van der Waals surface area contributed by atoms with Crippen molar-refractivity contribution in [3.63, 3.8) is 0 Å². The van der Waals surface area contributed by atoms with Crippen molar-refractivity contribution in [1.82, 2.24) is 9.80 Å². The van der Waals surface area contributed by atoms with E-state index in [-0.39, 0.29) is 12.2 Å². The molecule has 1 amide bonds. The van der Waals surface area contributed by atoms with Crippen molar-refractivity contribution in [2.24, 2.45) is 0 Å². The van der Waals surface area contributed by atoms with Gasteiger partial charge in [0, 0.05) is 25.3 Å². The number of likely N-dealkylation sites (N-methyl/N-ethyl adjacent to an activating group) is 1. The van der Waals surface area contributed by atoms with Crippen LogP contribution in [0.4, 0.5) is 10.5 Å². The molecule has 0 aromatic heterocycles. The molecule has 0 radical (unpaired) electrons. The number of carbonyl (C=O) groups is 1. The van der Waals surface area contributed by atoms with Crippen LogP contribution in [0.5, 0.6) is 0 Å². The van der Waals surface area contributed by atoms with Crippen LogP contribution in [0.2, 0.25) is 0 Å². The summed E-state index contributed by atoms with van der Waals surface area (Å²) in [7, 11) is 0. The summed E-state index contributed by atoms with van der Waals surface area (Å²) in [6, 6.07) is 9.76. The zero-order chi connectivity index (χ0) is 15.4. The van der Waals surface area contributed by atoms with Gasteiger partial charge in [0.25, 0.3) is 0 Å². The van der Waals surface area contributed by atoms with Gasteiger partial charge < -0.3 is 9.64 Å². The Kier molecular flexibility index (Phi) is 4.95. The molecule has 0 N–H and O–H groups in total. The first kappa shape index (κ1) is 15.3. The second-order valence-corrected chi connectivity index (χ2v) is 6.04. The van der Waals surface area contributed by atoms with Crippen LogP contribution < -0.4 is 4.90 Å². The number of rotatable bonds is 4. The Morgan fingerprint density at radius 3 is 2.59 bits per heavy atom. The number of ether oxygens (including phenoxy) is 1. The third-order valence-electron chi connectivity index (χ3n) is 4.53. The van der Waals surface area contributed by atoms with Gasteiger partial charge in [0.05, 0.1) is 6.54 Å². The summed E-state index contributed by atoms with van der Waals surface area (Å²) in [4.78, 5) is 18.7. The zero-order valence-corrected chi connectivity index (χ0v) is 13.3. The van der Waals surface area contributed by atoms with Crippen molar-refractivity contribution in [1.29, 1.82) is 0 Å². The van der Waals surface area contributed by atoms with Crippen LogP contribution in [-0.4, -0.2) is 67.8 Å². The lowest BCUT2D eigenvalue weighted by atomic mass is 10.2. The molecule has 0 saturated carbocycles. The maximum absolute atomic E-state index is 12.1. The van der Waals surface area contributed by atoms with Crippen LogP contribution in [0.3, 0.4) is 0 Å². The lowest BCUT2D eigenvalue weighted by Crippen LogP contribution is -2.37. The predicted octanol–water partition coefficient (Wildman–Crippen LogP) is 2.04. The maximum atomic E-state index is 12.1. The summed E-state index contributed by atoms with van der Waals surface area (Å²) in [5.74, 6) is 0. The molecule has 0 bridgehead atoms. The minimum atomic E-state index is -0.221. The molecule has 22 heavy (non-hydrogen) atoms. The van der Waals surface area contributed by atoms with Gasteiger partial charge in [-0.2, -0.15) is 0 Å². The van der Waals surface area contributed by atoms with E-state index in [2.05, 4.69) is 16.7 Å². The number of hydrogen-bond acceptors (Lipinski definition) is 4. The van der Waals surface area contributed by atoms with Crippen molar-refractivity contribution in [3.05, 3.63) is 30.3 Å². The monoisotopic (exact) mass is 303 g/mol. The third kappa shape index (κ3) is 3.59. The normalized spacial score (nSPS) is 24.3. The van der Waals surface area contributed by atoms with Gasteiger partial charge in [-0.3, -0.25) is 9.80 Å². The summed E-state index contributed by atoms with van der Waals surface area (Å²) in [5.41, 5.74) is 0.919. The number of carbonyl (C=O) groups excluding carboxylic acids is 1. The standard InChI is InChI=1S/C17H25N3O2/c1-2-18-9-6-10-19(12-11-18)13-16-14-20(17(21)22-16)15-7-4-3-5-8-15/h3-5,7-8,16H,2,6,9-14H2,1H3. The Labute approximate surface area is 132 Å². The summed E-state index contributed by atoms with van der Waals surface area (Å²) in [6.45, 7) is 9.26. The van der Waals surface area contributed by atoms with E-state index in [0.29, 0.717) is 6.54 Å². The first-order valence-electron chi connectivity index (χ1n) is 8.24. The molecule has 2 saturated heterocycles. The number of para-hydroxylation sites is 1. The van der Waals surface area contributed by atoms with Crippen molar-refractivity contribution in [3.8, 4) is 0 Å². The molecule has 5 nitrogen and oxygen atoms in total. The molecular formula is C17H25N3O2. The molecule has 120 valence electrons. The van der Waals surface area contributed by atoms with E-state index in [1.165, 1.54) is 13.0 Å². The van der Waals surface area contributed by atoms with Crippen LogP contribution in [0, 0.1) is 0 Å². The maximum Gasteiger partial charge on any atom is 0.414 e. The Morgan fingerprint density at radius 1 is 1.09 bits per heavy atom. The lowest BCUT2D eigenvalue weighted by Gasteiger charge is -2.23. The Hall–Kier alpha value is -1.59. The van der Waals surface area contributed by atoms with E-state index in [9.17, 15) is 4.79 Å². The zero-order valence-electron chi connectivity index (χ0n) is 13.3. The number of benzene rings is 1. The number of anilines is 1. The van der Waals surface area contributed by atoms with Gasteiger partial charge in [-0.25, -0.2) is 4.79 Å². The first-order valence-corrected chi connectivity index (χ1v) is 8.24. The van der Waals surface area contributed by atoms with Crippen LogP contribution >= 0.6 is 0 Å². The van der Waals surface area contributed by atoms with E-state index < -0.39 is 0 Å². The quantitative estimate of drug-likeness (QED) is 0.853. The number of cyclic esters (lactones) is 1. The largest absolute Gasteiger partial charge is 0.443 e. The Morgan fingerprint density at radius 2 is 1.82 bits per heavy atom. The second-order valence-electron chi connectivity index (χ2n) is 6.04. The van der Waals surface area contributed by atoms with Crippen LogP contribution in [0.1, 0.15) is 13.3 Å². The molecule has 0 spiro atoms. The van der Waals surface area contributed by atoms with Gasteiger partial charge in [-0.05, 0) is 38.2 Å². The second kappa shape index (κ2) is 7.11. The number of nitrogens with zero attached hydrogens (tertiary/aromatic N) is 3. The molecule has 1 aromatic rings. The van der Waals surface area contributed by atoms with Crippen molar-refractivity contribution in [2.75, 3.05) is 50.7 Å². The summed E-state index contributed by atoms with van der Waals surface area (Å²) in [5, 5.41) is 0. The molecule has 2 fully saturated rings. The lowest BCUT2D eigenvalue weighted by molar-refractivity contribution is 0.110. The molecule has 5 heteroatoms. The highest BCUT2D eigenvalue weighted by Crippen LogP contribution is 2.21. The molecule has 1 atom stereocenters. The number of amides is 1. The Bertz CT molecular complexity index is 494. The van der Waals surface area contributed by atoms with E-state index in [1.807, 2.05) is 30.3 Å². The summed E-state index contributed by atoms with van der Waals surface area (Å²) < 4.78 is 5.56. The van der Waals surface area contributed by atoms with Crippen molar-refractivity contribution >= 4 is 11.8 Å². The van der Waals surface area contributed by atoms with Gasteiger partial charge in [0.1, 0.15) is 6.10 Å². The molecule has 2 aliphatic rings. The van der Waals surface area contributed by atoms with Gasteiger partial charge in [-0.15, -0.1) is 0 Å².